The summed E-state index contributed by atoms with van der Waals surface area (Å²) in [5.41, 5.74) is 1.33. The van der Waals surface area contributed by atoms with Crippen molar-refractivity contribution < 1.29 is 19.1 Å². The van der Waals surface area contributed by atoms with Gasteiger partial charge in [-0.1, -0.05) is 38.3 Å². The van der Waals surface area contributed by atoms with Crippen molar-refractivity contribution in [3.8, 4) is 5.75 Å². The number of benzene rings is 1. The Bertz CT molecular complexity index is 607. The standard InChI is InChI=1S/C11H18O2.C10H10O2/c1-4-11(7-5-6-8-11)13-10(12)9(2)3;1-3-9-4-6-10(7-5-9)12-8(2)11/h2,4-8H2,1,3H3;3-7H,1H2,2H3. The molecule has 0 bridgehead atoms. The Morgan fingerprint density at radius 1 is 1.16 bits per heavy atom. The van der Waals surface area contributed by atoms with E-state index >= 15 is 0 Å². The van der Waals surface area contributed by atoms with Crippen molar-refractivity contribution in [3.63, 3.8) is 0 Å². The molecule has 25 heavy (non-hydrogen) atoms. The minimum Gasteiger partial charge on any atom is -0.456 e. The molecular weight excluding hydrogens is 316 g/mol. The van der Waals surface area contributed by atoms with Gasteiger partial charge in [0.15, 0.2) is 0 Å². The van der Waals surface area contributed by atoms with Gasteiger partial charge in [0.2, 0.25) is 0 Å². The fraction of sp³-hybridized carbons (Fsp3) is 0.429. The molecule has 0 amide bonds. The van der Waals surface area contributed by atoms with Crippen LogP contribution in [0.1, 0.15) is 58.4 Å². The van der Waals surface area contributed by atoms with Crippen molar-refractivity contribution in [2.75, 3.05) is 0 Å². The summed E-state index contributed by atoms with van der Waals surface area (Å²) in [6.45, 7) is 12.4. The number of carbonyl (C=O) groups is 2. The molecule has 0 unspecified atom stereocenters. The van der Waals surface area contributed by atoms with E-state index in [9.17, 15) is 9.59 Å². The first kappa shape index (κ1) is 20.7. The van der Waals surface area contributed by atoms with Gasteiger partial charge in [0.25, 0.3) is 0 Å². The van der Waals surface area contributed by atoms with Crippen LogP contribution in [0.2, 0.25) is 0 Å². The Morgan fingerprint density at radius 2 is 1.72 bits per heavy atom. The van der Waals surface area contributed by atoms with Gasteiger partial charge < -0.3 is 9.47 Å². The van der Waals surface area contributed by atoms with E-state index in [1.807, 2.05) is 12.1 Å². The van der Waals surface area contributed by atoms with Crippen LogP contribution in [0.5, 0.6) is 5.75 Å². The molecule has 0 aliphatic heterocycles. The predicted molar refractivity (Wildman–Crippen MR) is 100 cm³/mol. The van der Waals surface area contributed by atoms with Crippen molar-refractivity contribution in [3.05, 3.63) is 48.6 Å². The van der Waals surface area contributed by atoms with Crippen LogP contribution in [0.4, 0.5) is 0 Å². The van der Waals surface area contributed by atoms with Gasteiger partial charge in [-0.15, -0.1) is 0 Å². The molecule has 2 rings (SSSR count). The van der Waals surface area contributed by atoms with Crippen molar-refractivity contribution >= 4 is 18.0 Å². The Morgan fingerprint density at radius 3 is 2.12 bits per heavy atom. The summed E-state index contributed by atoms with van der Waals surface area (Å²) in [6, 6.07) is 7.15. The highest BCUT2D eigenvalue weighted by molar-refractivity contribution is 5.87. The number of carbonyl (C=O) groups excluding carboxylic acids is 2. The Kier molecular flexibility index (Phi) is 8.12. The first-order valence-electron chi connectivity index (χ1n) is 8.61. The van der Waals surface area contributed by atoms with E-state index < -0.39 is 0 Å². The zero-order valence-corrected chi connectivity index (χ0v) is 15.5. The first-order chi connectivity index (χ1) is 11.8. The maximum absolute atomic E-state index is 11.3. The maximum atomic E-state index is 11.3. The number of hydrogen-bond acceptors (Lipinski definition) is 4. The summed E-state index contributed by atoms with van der Waals surface area (Å²) in [7, 11) is 0. The molecule has 1 aromatic carbocycles. The van der Waals surface area contributed by atoms with E-state index in [2.05, 4.69) is 20.1 Å². The average Bonchev–Trinajstić information content (AvgIpc) is 3.04. The molecular formula is C21H28O4. The van der Waals surface area contributed by atoms with Crippen LogP contribution in [0.15, 0.2) is 43.0 Å². The summed E-state index contributed by atoms with van der Waals surface area (Å²) in [5, 5.41) is 0. The second kappa shape index (κ2) is 9.82. The van der Waals surface area contributed by atoms with Crippen molar-refractivity contribution in [2.24, 2.45) is 0 Å². The summed E-state index contributed by atoms with van der Waals surface area (Å²) < 4.78 is 10.3. The summed E-state index contributed by atoms with van der Waals surface area (Å²) in [6.07, 6.45) is 7.04. The topological polar surface area (TPSA) is 52.6 Å². The third-order valence-electron chi connectivity index (χ3n) is 4.19. The molecule has 136 valence electrons. The maximum Gasteiger partial charge on any atom is 0.333 e. The highest BCUT2D eigenvalue weighted by atomic mass is 16.6. The largest absolute Gasteiger partial charge is 0.456 e. The van der Waals surface area contributed by atoms with Crippen LogP contribution in [-0.4, -0.2) is 17.5 Å². The monoisotopic (exact) mass is 344 g/mol. The highest BCUT2D eigenvalue weighted by Gasteiger charge is 2.35. The molecule has 0 saturated heterocycles. The number of hydrogen-bond donors (Lipinski definition) is 0. The third-order valence-corrected chi connectivity index (χ3v) is 4.19. The predicted octanol–water partition coefficient (Wildman–Crippen LogP) is 5.08. The fourth-order valence-electron chi connectivity index (χ4n) is 2.67. The normalized spacial score (nSPS) is 14.7. The lowest BCUT2D eigenvalue weighted by Gasteiger charge is -2.27. The molecule has 0 aromatic heterocycles. The quantitative estimate of drug-likeness (QED) is 0.424. The van der Waals surface area contributed by atoms with Crippen molar-refractivity contribution in [2.45, 2.75) is 58.5 Å². The number of esters is 2. The number of ether oxygens (including phenoxy) is 2. The molecule has 4 heteroatoms. The fourth-order valence-corrected chi connectivity index (χ4v) is 2.67. The molecule has 1 aromatic rings. The van der Waals surface area contributed by atoms with Gasteiger partial charge in [-0.3, -0.25) is 4.79 Å². The molecule has 1 saturated carbocycles. The van der Waals surface area contributed by atoms with Gasteiger partial charge in [0, 0.05) is 12.5 Å². The smallest absolute Gasteiger partial charge is 0.333 e. The van der Waals surface area contributed by atoms with Crippen LogP contribution in [-0.2, 0) is 14.3 Å². The molecule has 0 spiro atoms. The lowest BCUT2D eigenvalue weighted by atomic mass is 9.99. The molecule has 0 N–H and O–H groups in total. The Hall–Kier alpha value is -2.36. The van der Waals surface area contributed by atoms with E-state index in [4.69, 9.17) is 9.47 Å². The molecule has 1 aliphatic carbocycles. The van der Waals surface area contributed by atoms with Gasteiger partial charge in [-0.05, 0) is 56.7 Å². The van der Waals surface area contributed by atoms with Gasteiger partial charge in [0.05, 0.1) is 0 Å². The molecule has 1 fully saturated rings. The van der Waals surface area contributed by atoms with Crippen LogP contribution in [0, 0.1) is 0 Å². The summed E-state index contributed by atoms with van der Waals surface area (Å²) in [4.78, 5) is 21.9. The zero-order chi connectivity index (χ0) is 18.9. The zero-order valence-electron chi connectivity index (χ0n) is 15.5. The van der Waals surface area contributed by atoms with Crippen LogP contribution in [0.3, 0.4) is 0 Å². The SMILES string of the molecule is C=C(C)C(=O)OC1(CC)CCCC1.C=Cc1ccc(OC(C)=O)cc1. The van der Waals surface area contributed by atoms with Gasteiger partial charge >= 0.3 is 11.9 Å². The van der Waals surface area contributed by atoms with E-state index in [0.717, 1.165) is 24.8 Å². The summed E-state index contributed by atoms with van der Waals surface area (Å²) in [5.74, 6) is 0.0261. The van der Waals surface area contributed by atoms with E-state index in [1.54, 1.807) is 25.1 Å². The molecule has 0 atom stereocenters. The molecule has 0 radical (unpaired) electrons. The summed E-state index contributed by atoms with van der Waals surface area (Å²) >= 11 is 0. The molecule has 1 aliphatic rings. The third kappa shape index (κ3) is 6.96. The highest BCUT2D eigenvalue weighted by Crippen LogP contribution is 2.36. The Labute approximate surface area is 150 Å². The molecule has 0 heterocycles. The number of rotatable bonds is 5. The van der Waals surface area contributed by atoms with Gasteiger partial charge in [-0.25, -0.2) is 4.79 Å². The average molecular weight is 344 g/mol. The minimum absolute atomic E-state index is 0.171. The van der Waals surface area contributed by atoms with Gasteiger partial charge in [-0.2, -0.15) is 0 Å². The van der Waals surface area contributed by atoms with Gasteiger partial charge in [0.1, 0.15) is 11.4 Å². The van der Waals surface area contributed by atoms with Crippen LogP contribution >= 0.6 is 0 Å². The van der Waals surface area contributed by atoms with Crippen LogP contribution < -0.4 is 4.74 Å². The van der Waals surface area contributed by atoms with E-state index in [-0.39, 0.29) is 17.5 Å². The first-order valence-corrected chi connectivity index (χ1v) is 8.61. The minimum atomic E-state index is -0.304. The van der Waals surface area contributed by atoms with Crippen molar-refractivity contribution in [1.29, 1.82) is 0 Å². The van der Waals surface area contributed by atoms with Crippen LogP contribution in [0.25, 0.3) is 6.08 Å². The van der Waals surface area contributed by atoms with E-state index in [1.165, 1.54) is 19.8 Å². The Balaban J connectivity index is 0.000000251. The lowest BCUT2D eigenvalue weighted by Crippen LogP contribution is -2.31. The molecule has 4 nitrogen and oxygen atoms in total. The van der Waals surface area contributed by atoms with Crippen molar-refractivity contribution in [1.82, 2.24) is 0 Å². The van der Waals surface area contributed by atoms with E-state index in [0.29, 0.717) is 11.3 Å². The lowest BCUT2D eigenvalue weighted by molar-refractivity contribution is -0.154. The second-order valence-corrected chi connectivity index (χ2v) is 6.28. The second-order valence-electron chi connectivity index (χ2n) is 6.28.